The van der Waals surface area contributed by atoms with Crippen molar-refractivity contribution in [3.8, 4) is 11.5 Å². The van der Waals surface area contributed by atoms with Gasteiger partial charge in [-0.3, -0.25) is 4.79 Å². The van der Waals surface area contributed by atoms with Crippen molar-refractivity contribution in [3.05, 3.63) is 41.3 Å². The number of aryl methyl sites for hydroxylation is 1. The number of aromatic nitrogens is 1. The summed E-state index contributed by atoms with van der Waals surface area (Å²) in [6, 6.07) is 4.84. The number of carbonyl (C=O) groups is 2. The van der Waals surface area contributed by atoms with Crippen LogP contribution in [0.1, 0.15) is 75.3 Å². The van der Waals surface area contributed by atoms with Gasteiger partial charge in [-0.05, 0) is 50.3 Å². The van der Waals surface area contributed by atoms with Crippen LogP contribution in [0.25, 0.3) is 11.5 Å². The first-order valence-corrected chi connectivity index (χ1v) is 12.4. The number of alkyl halides is 3. The summed E-state index contributed by atoms with van der Waals surface area (Å²) in [6.45, 7) is 1.98. The Morgan fingerprint density at radius 2 is 1.97 bits per heavy atom. The Hall–Kier alpha value is -2.88. The first kappa shape index (κ1) is 26.2. The van der Waals surface area contributed by atoms with Crippen molar-refractivity contribution in [2.75, 3.05) is 0 Å². The molecule has 1 heterocycles. The molecule has 10 heteroatoms. The van der Waals surface area contributed by atoms with Gasteiger partial charge in [0.25, 0.3) is 0 Å². The summed E-state index contributed by atoms with van der Waals surface area (Å²) in [5.41, 5.74) is -1.18. The molecule has 1 amide bonds. The second-order valence-corrected chi connectivity index (χ2v) is 9.70. The van der Waals surface area contributed by atoms with E-state index in [1.807, 2.05) is 6.92 Å². The van der Waals surface area contributed by atoms with Gasteiger partial charge in [0.1, 0.15) is 17.0 Å². The molecular weight excluding hydrogens is 477 g/mol. The number of hydrogen-bond donors (Lipinski definition) is 2. The number of halogens is 3. The van der Waals surface area contributed by atoms with Crippen LogP contribution >= 0.6 is 0 Å². The van der Waals surface area contributed by atoms with Crippen molar-refractivity contribution in [2.24, 2.45) is 5.92 Å². The summed E-state index contributed by atoms with van der Waals surface area (Å²) < 4.78 is 51.1. The lowest BCUT2D eigenvalue weighted by Gasteiger charge is -2.32. The van der Waals surface area contributed by atoms with Crippen LogP contribution in [-0.2, 0) is 33.5 Å². The Kier molecular flexibility index (Phi) is 7.73. The Balaban J connectivity index is 1.39. The van der Waals surface area contributed by atoms with Crippen molar-refractivity contribution in [2.45, 2.75) is 89.1 Å². The maximum atomic E-state index is 13.1. The first-order valence-electron chi connectivity index (χ1n) is 12.4. The van der Waals surface area contributed by atoms with E-state index in [0.29, 0.717) is 43.6 Å². The summed E-state index contributed by atoms with van der Waals surface area (Å²) >= 11 is 0. The van der Waals surface area contributed by atoms with E-state index in [0.717, 1.165) is 37.8 Å². The van der Waals surface area contributed by atoms with E-state index in [1.54, 1.807) is 0 Å². The summed E-state index contributed by atoms with van der Waals surface area (Å²) in [6.07, 6.45) is 0.953. The predicted molar refractivity (Wildman–Crippen MR) is 124 cm³/mol. The molecule has 36 heavy (non-hydrogen) atoms. The van der Waals surface area contributed by atoms with Gasteiger partial charge in [-0.15, -0.1) is 0 Å². The highest BCUT2D eigenvalue weighted by atomic mass is 19.4. The fourth-order valence-corrected chi connectivity index (χ4v) is 5.16. The van der Waals surface area contributed by atoms with Crippen LogP contribution in [0, 0.1) is 5.92 Å². The van der Waals surface area contributed by atoms with Crippen molar-refractivity contribution >= 4 is 11.9 Å². The molecule has 196 valence electrons. The Morgan fingerprint density at radius 1 is 1.22 bits per heavy atom. The van der Waals surface area contributed by atoms with Crippen LogP contribution in [0.5, 0.6) is 0 Å². The topological polar surface area (TPSA) is 102 Å². The lowest BCUT2D eigenvalue weighted by atomic mass is 9.85. The van der Waals surface area contributed by atoms with Gasteiger partial charge >= 0.3 is 12.1 Å². The third-order valence-corrected chi connectivity index (χ3v) is 7.22. The van der Waals surface area contributed by atoms with E-state index in [4.69, 9.17) is 9.15 Å². The maximum absolute atomic E-state index is 13.1. The number of ether oxygens (including phenoxy) is 1. The second kappa shape index (κ2) is 10.6. The SMILES string of the molecule is CCc1oc(-c2cccc(C(F)(F)F)c2)nc1CO[C@@H]1CCC[C@H](C(=O)NC2(C(=O)O)CCCC2)C1. The van der Waals surface area contributed by atoms with Crippen molar-refractivity contribution in [1.29, 1.82) is 0 Å². The van der Waals surface area contributed by atoms with Crippen LogP contribution in [0.15, 0.2) is 28.7 Å². The minimum Gasteiger partial charge on any atom is -0.480 e. The van der Waals surface area contributed by atoms with E-state index in [-0.39, 0.29) is 36.0 Å². The number of nitrogens with one attached hydrogen (secondary N) is 1. The lowest BCUT2D eigenvalue weighted by Crippen LogP contribution is -2.54. The smallest absolute Gasteiger partial charge is 0.416 e. The Bertz CT molecular complexity index is 1090. The number of carboxylic acids is 1. The van der Waals surface area contributed by atoms with Crippen molar-refractivity contribution in [3.63, 3.8) is 0 Å². The molecule has 0 spiro atoms. The first-order chi connectivity index (χ1) is 17.1. The number of carbonyl (C=O) groups excluding carboxylic acids is 1. The average Bonchev–Trinajstić information content (AvgIpc) is 3.50. The van der Waals surface area contributed by atoms with Gasteiger partial charge in [-0.1, -0.05) is 32.3 Å². The molecule has 0 saturated heterocycles. The minimum absolute atomic E-state index is 0.105. The summed E-state index contributed by atoms with van der Waals surface area (Å²) in [4.78, 5) is 29.1. The van der Waals surface area contributed by atoms with E-state index in [1.165, 1.54) is 12.1 Å². The molecule has 0 aliphatic heterocycles. The van der Waals surface area contributed by atoms with E-state index < -0.39 is 23.2 Å². The molecule has 2 saturated carbocycles. The number of carboxylic acid groups (broad SMARTS) is 1. The third kappa shape index (κ3) is 5.74. The van der Waals surface area contributed by atoms with Crippen molar-refractivity contribution < 1.29 is 37.0 Å². The van der Waals surface area contributed by atoms with Crippen LogP contribution in [-0.4, -0.2) is 33.6 Å². The molecule has 2 aromatic rings. The molecule has 0 unspecified atom stereocenters. The average molecular weight is 509 g/mol. The quantitative estimate of drug-likeness (QED) is 0.488. The molecule has 0 bridgehead atoms. The van der Waals surface area contributed by atoms with E-state index in [9.17, 15) is 27.9 Å². The number of oxazole rings is 1. The number of rotatable bonds is 8. The fourth-order valence-electron chi connectivity index (χ4n) is 5.16. The maximum Gasteiger partial charge on any atom is 0.416 e. The second-order valence-electron chi connectivity index (χ2n) is 9.70. The van der Waals surface area contributed by atoms with E-state index >= 15 is 0 Å². The monoisotopic (exact) mass is 508 g/mol. The van der Waals surface area contributed by atoms with Gasteiger partial charge in [0, 0.05) is 17.9 Å². The number of amides is 1. The lowest BCUT2D eigenvalue weighted by molar-refractivity contribution is -0.148. The zero-order valence-corrected chi connectivity index (χ0v) is 20.2. The highest BCUT2D eigenvalue weighted by Crippen LogP contribution is 2.34. The number of nitrogens with zero attached hydrogens (tertiary/aromatic N) is 1. The van der Waals surface area contributed by atoms with Crippen LogP contribution in [0.4, 0.5) is 13.2 Å². The van der Waals surface area contributed by atoms with Gasteiger partial charge in [-0.2, -0.15) is 13.2 Å². The highest BCUT2D eigenvalue weighted by Gasteiger charge is 2.44. The summed E-state index contributed by atoms with van der Waals surface area (Å²) in [5.74, 6) is -0.906. The Labute approximate surface area is 207 Å². The van der Waals surface area contributed by atoms with Gasteiger partial charge in [0.15, 0.2) is 0 Å². The molecule has 2 N–H and O–H groups in total. The molecule has 2 fully saturated rings. The highest BCUT2D eigenvalue weighted by molar-refractivity contribution is 5.88. The molecule has 2 atom stereocenters. The largest absolute Gasteiger partial charge is 0.480 e. The van der Waals surface area contributed by atoms with Gasteiger partial charge in [-0.25, -0.2) is 9.78 Å². The molecule has 2 aliphatic carbocycles. The summed E-state index contributed by atoms with van der Waals surface area (Å²) in [5, 5.41) is 12.5. The number of benzene rings is 1. The molecular formula is C26H31F3N2O5. The molecule has 4 rings (SSSR count). The van der Waals surface area contributed by atoms with Crippen LogP contribution < -0.4 is 5.32 Å². The van der Waals surface area contributed by atoms with Gasteiger partial charge in [0.2, 0.25) is 11.8 Å². The molecule has 1 aromatic carbocycles. The van der Waals surface area contributed by atoms with Gasteiger partial charge in [0.05, 0.1) is 18.3 Å². The van der Waals surface area contributed by atoms with Crippen LogP contribution in [0.3, 0.4) is 0 Å². The third-order valence-electron chi connectivity index (χ3n) is 7.22. The zero-order valence-electron chi connectivity index (χ0n) is 20.2. The molecule has 0 radical (unpaired) electrons. The zero-order chi connectivity index (χ0) is 25.9. The standard InChI is InChI=1S/C26H31F3N2O5/c1-2-21-20(30-23(36-21)17-8-5-9-18(13-17)26(27,28)29)15-35-19-10-6-7-16(14-19)22(32)31-25(24(33)34)11-3-4-12-25/h5,8-9,13,16,19H,2-4,6-7,10-12,14-15H2,1H3,(H,31,32)(H,33,34)/t16-,19+/m0/s1. The molecule has 7 nitrogen and oxygen atoms in total. The molecule has 1 aromatic heterocycles. The number of hydrogen-bond acceptors (Lipinski definition) is 5. The normalized spacial score (nSPS) is 21.9. The Morgan fingerprint density at radius 3 is 2.64 bits per heavy atom. The van der Waals surface area contributed by atoms with Gasteiger partial charge < -0.3 is 19.6 Å². The van der Waals surface area contributed by atoms with Crippen molar-refractivity contribution in [1.82, 2.24) is 10.3 Å². The minimum atomic E-state index is -4.46. The van der Waals surface area contributed by atoms with E-state index in [2.05, 4.69) is 10.3 Å². The predicted octanol–water partition coefficient (Wildman–Crippen LogP) is 5.51. The van der Waals surface area contributed by atoms with Crippen LogP contribution in [0.2, 0.25) is 0 Å². The fraction of sp³-hybridized carbons (Fsp3) is 0.577. The summed E-state index contributed by atoms with van der Waals surface area (Å²) in [7, 11) is 0. The molecule has 2 aliphatic rings. The number of aliphatic carboxylic acids is 1.